The Morgan fingerprint density at radius 1 is 1.26 bits per heavy atom. The first-order valence-corrected chi connectivity index (χ1v) is 7.05. The van der Waals surface area contributed by atoms with Gasteiger partial charge in [-0.1, -0.05) is 6.92 Å². The normalized spacial score (nSPS) is 24.0. The molecule has 1 aromatic rings. The van der Waals surface area contributed by atoms with Crippen LogP contribution in [0, 0.1) is 5.92 Å². The number of rotatable bonds is 3. The predicted octanol–water partition coefficient (Wildman–Crippen LogP) is 3.53. The van der Waals surface area contributed by atoms with Crippen molar-refractivity contribution in [2.75, 3.05) is 18.0 Å². The lowest BCUT2D eigenvalue weighted by Crippen LogP contribution is -2.35. The van der Waals surface area contributed by atoms with Crippen molar-refractivity contribution in [3.63, 3.8) is 0 Å². The fourth-order valence-electron chi connectivity index (χ4n) is 2.67. The zero-order chi connectivity index (χ0) is 13.4. The first kappa shape index (κ1) is 12.8. The molecule has 2 aliphatic rings. The Morgan fingerprint density at radius 2 is 2.05 bits per heavy atom. The number of halogens is 2. The van der Waals surface area contributed by atoms with Gasteiger partial charge in [-0.05, 0) is 31.6 Å². The molecule has 5 heteroatoms. The number of hydrogen-bond donors (Lipinski definition) is 0. The van der Waals surface area contributed by atoms with E-state index in [2.05, 4.69) is 21.8 Å². The minimum Gasteiger partial charge on any atom is -0.356 e. The highest BCUT2D eigenvalue weighted by atomic mass is 19.3. The average molecular weight is 267 g/mol. The quantitative estimate of drug-likeness (QED) is 0.839. The van der Waals surface area contributed by atoms with E-state index in [0.29, 0.717) is 23.5 Å². The van der Waals surface area contributed by atoms with E-state index in [-0.39, 0.29) is 5.69 Å². The van der Waals surface area contributed by atoms with Crippen LogP contribution in [0.1, 0.15) is 56.5 Å². The van der Waals surface area contributed by atoms with E-state index in [0.717, 1.165) is 32.4 Å². The number of anilines is 1. The maximum absolute atomic E-state index is 12.9. The van der Waals surface area contributed by atoms with Crippen LogP contribution in [0.15, 0.2) is 6.07 Å². The number of hydrogen-bond acceptors (Lipinski definition) is 3. The lowest BCUT2D eigenvalue weighted by Gasteiger charge is -2.32. The predicted molar refractivity (Wildman–Crippen MR) is 69.6 cm³/mol. The summed E-state index contributed by atoms with van der Waals surface area (Å²) in [5.74, 6) is 2.22. The summed E-state index contributed by atoms with van der Waals surface area (Å²) in [6, 6.07) is 1.47. The van der Waals surface area contributed by atoms with Crippen molar-refractivity contribution in [3.05, 3.63) is 17.6 Å². The molecule has 0 N–H and O–H groups in total. The topological polar surface area (TPSA) is 29.0 Å². The van der Waals surface area contributed by atoms with Gasteiger partial charge in [0.2, 0.25) is 0 Å². The van der Waals surface area contributed by atoms with Crippen molar-refractivity contribution >= 4 is 5.82 Å². The summed E-state index contributed by atoms with van der Waals surface area (Å²) >= 11 is 0. The first-order chi connectivity index (χ1) is 9.13. The number of aromatic nitrogens is 2. The molecule has 1 aliphatic carbocycles. The Hall–Kier alpha value is -1.26. The van der Waals surface area contributed by atoms with Gasteiger partial charge in [-0.2, -0.15) is 0 Å². The molecule has 104 valence electrons. The minimum absolute atomic E-state index is 0.120. The fourth-order valence-corrected chi connectivity index (χ4v) is 2.67. The summed E-state index contributed by atoms with van der Waals surface area (Å²) in [5, 5.41) is 0. The van der Waals surface area contributed by atoms with Crippen LogP contribution in [0.2, 0.25) is 0 Å². The van der Waals surface area contributed by atoms with E-state index in [9.17, 15) is 8.78 Å². The molecular formula is C14H19F2N3. The highest BCUT2D eigenvalue weighted by molar-refractivity contribution is 5.41. The third-order valence-corrected chi connectivity index (χ3v) is 3.90. The molecule has 2 heterocycles. The highest BCUT2D eigenvalue weighted by Crippen LogP contribution is 2.39. The zero-order valence-corrected chi connectivity index (χ0v) is 11.1. The van der Waals surface area contributed by atoms with Crippen molar-refractivity contribution < 1.29 is 8.78 Å². The van der Waals surface area contributed by atoms with Crippen molar-refractivity contribution in [2.45, 2.75) is 45.0 Å². The van der Waals surface area contributed by atoms with E-state index >= 15 is 0 Å². The van der Waals surface area contributed by atoms with Gasteiger partial charge in [0.1, 0.15) is 17.3 Å². The SMILES string of the molecule is CC1CCCN(c2cc(C(F)F)nc(C3CC3)n2)C1. The van der Waals surface area contributed by atoms with Gasteiger partial charge in [0.05, 0.1) is 0 Å². The van der Waals surface area contributed by atoms with Gasteiger partial charge in [-0.3, -0.25) is 0 Å². The van der Waals surface area contributed by atoms with Crippen molar-refractivity contribution in [1.29, 1.82) is 0 Å². The van der Waals surface area contributed by atoms with Crippen molar-refractivity contribution in [1.82, 2.24) is 9.97 Å². The van der Waals surface area contributed by atoms with E-state index in [4.69, 9.17) is 0 Å². The number of nitrogens with zero attached hydrogens (tertiary/aromatic N) is 3. The number of alkyl halides is 2. The molecule has 1 aliphatic heterocycles. The molecule has 0 radical (unpaired) electrons. The third kappa shape index (κ3) is 2.85. The molecule has 3 nitrogen and oxygen atoms in total. The molecule has 0 bridgehead atoms. The Kier molecular flexibility index (Phi) is 3.37. The number of piperidine rings is 1. The second kappa shape index (κ2) is 5.02. The lowest BCUT2D eigenvalue weighted by atomic mass is 10.0. The maximum Gasteiger partial charge on any atom is 0.280 e. The zero-order valence-electron chi connectivity index (χ0n) is 11.1. The van der Waals surface area contributed by atoms with E-state index in [1.165, 1.54) is 12.5 Å². The van der Waals surface area contributed by atoms with Gasteiger partial charge in [0.15, 0.2) is 0 Å². The molecule has 1 aromatic heterocycles. The van der Waals surface area contributed by atoms with Crippen LogP contribution < -0.4 is 4.90 Å². The Labute approximate surface area is 112 Å². The fraction of sp³-hybridized carbons (Fsp3) is 0.714. The van der Waals surface area contributed by atoms with Gasteiger partial charge in [-0.25, -0.2) is 18.7 Å². The summed E-state index contributed by atoms with van der Waals surface area (Å²) in [7, 11) is 0. The van der Waals surface area contributed by atoms with Crippen molar-refractivity contribution in [2.24, 2.45) is 5.92 Å². The Bertz CT molecular complexity index is 440. The van der Waals surface area contributed by atoms with Crippen LogP contribution in [0.5, 0.6) is 0 Å². The molecule has 0 aromatic carbocycles. The molecule has 3 rings (SSSR count). The second-order valence-corrected chi connectivity index (χ2v) is 5.78. The lowest BCUT2D eigenvalue weighted by molar-refractivity contribution is 0.145. The van der Waals surface area contributed by atoms with Crippen molar-refractivity contribution in [3.8, 4) is 0 Å². The second-order valence-electron chi connectivity index (χ2n) is 5.78. The molecular weight excluding hydrogens is 248 g/mol. The molecule has 1 saturated heterocycles. The summed E-state index contributed by atoms with van der Waals surface area (Å²) < 4.78 is 25.9. The van der Waals surface area contributed by atoms with Gasteiger partial charge in [0, 0.05) is 25.1 Å². The van der Waals surface area contributed by atoms with E-state index in [1.54, 1.807) is 0 Å². The molecule has 19 heavy (non-hydrogen) atoms. The van der Waals surface area contributed by atoms with E-state index in [1.807, 2.05) is 0 Å². The molecule has 1 atom stereocenters. The summed E-state index contributed by atoms with van der Waals surface area (Å²) in [4.78, 5) is 10.7. The maximum atomic E-state index is 12.9. The first-order valence-electron chi connectivity index (χ1n) is 7.05. The smallest absolute Gasteiger partial charge is 0.280 e. The van der Waals surface area contributed by atoms with Gasteiger partial charge in [-0.15, -0.1) is 0 Å². The minimum atomic E-state index is -2.51. The molecule has 1 saturated carbocycles. The average Bonchev–Trinajstić information content (AvgIpc) is 3.22. The Balaban J connectivity index is 1.90. The van der Waals surface area contributed by atoms with Crippen LogP contribution in [0.4, 0.5) is 14.6 Å². The van der Waals surface area contributed by atoms with Gasteiger partial charge < -0.3 is 4.90 Å². The summed E-state index contributed by atoms with van der Waals surface area (Å²) in [6.45, 7) is 4.01. The Morgan fingerprint density at radius 3 is 2.68 bits per heavy atom. The van der Waals surface area contributed by atoms with Crippen LogP contribution in [-0.4, -0.2) is 23.1 Å². The standard InChI is InChI=1S/C14H19F2N3/c1-9-3-2-6-19(8-9)12-7-11(13(15)16)17-14(18-12)10-4-5-10/h7,9-10,13H,2-6,8H2,1H3. The van der Waals surface area contributed by atoms with Gasteiger partial charge in [0.25, 0.3) is 6.43 Å². The molecule has 0 spiro atoms. The van der Waals surface area contributed by atoms with Crippen LogP contribution in [-0.2, 0) is 0 Å². The van der Waals surface area contributed by atoms with Crippen LogP contribution >= 0.6 is 0 Å². The largest absolute Gasteiger partial charge is 0.356 e. The molecule has 1 unspecified atom stereocenters. The van der Waals surface area contributed by atoms with Gasteiger partial charge >= 0.3 is 0 Å². The van der Waals surface area contributed by atoms with Crippen LogP contribution in [0.25, 0.3) is 0 Å². The highest BCUT2D eigenvalue weighted by Gasteiger charge is 2.29. The third-order valence-electron chi connectivity index (χ3n) is 3.90. The van der Waals surface area contributed by atoms with Crippen LogP contribution in [0.3, 0.4) is 0 Å². The monoisotopic (exact) mass is 267 g/mol. The summed E-state index contributed by atoms with van der Waals surface area (Å²) in [5.41, 5.74) is -0.120. The summed E-state index contributed by atoms with van der Waals surface area (Å²) in [6.07, 6.45) is 1.86. The molecule has 0 amide bonds. The molecule has 2 fully saturated rings. The van der Waals surface area contributed by atoms with E-state index < -0.39 is 6.43 Å².